The molecule has 1 N–H and O–H groups in total. The molecule has 0 aliphatic carbocycles. The zero-order valence-electron chi connectivity index (χ0n) is 10.0. The van der Waals surface area contributed by atoms with Gasteiger partial charge in [-0.3, -0.25) is 0 Å². The maximum atomic E-state index is 13.7. The topological polar surface area (TPSA) is 29.5 Å². The minimum absolute atomic E-state index is 0.0820. The molecule has 0 bridgehead atoms. The first-order valence-electron chi connectivity index (χ1n) is 5.58. The molecular weight excluding hydrogens is 290 g/mol. The number of ether oxygens (including phenoxy) is 1. The SMILES string of the molecule is CC(O)c1c(F)cccc1Oc1cc(Cl)ccc1Cl. The lowest BCUT2D eigenvalue weighted by Gasteiger charge is -2.14. The third-order valence-corrected chi connectivity index (χ3v) is 3.09. The summed E-state index contributed by atoms with van der Waals surface area (Å²) < 4.78 is 19.2. The summed E-state index contributed by atoms with van der Waals surface area (Å²) in [4.78, 5) is 0. The van der Waals surface area contributed by atoms with E-state index in [0.717, 1.165) is 0 Å². The lowest BCUT2D eigenvalue weighted by molar-refractivity contribution is 0.190. The van der Waals surface area contributed by atoms with Gasteiger partial charge in [0.25, 0.3) is 0 Å². The molecule has 0 aliphatic heterocycles. The van der Waals surface area contributed by atoms with Crippen molar-refractivity contribution in [3.05, 3.63) is 57.8 Å². The Morgan fingerprint density at radius 1 is 1.16 bits per heavy atom. The second-order valence-electron chi connectivity index (χ2n) is 4.00. The second-order valence-corrected chi connectivity index (χ2v) is 4.85. The smallest absolute Gasteiger partial charge is 0.147 e. The highest BCUT2D eigenvalue weighted by atomic mass is 35.5. The summed E-state index contributed by atoms with van der Waals surface area (Å²) in [5.74, 6) is -0.0218. The molecular formula is C14H11Cl2FO2. The number of halogens is 3. The van der Waals surface area contributed by atoms with E-state index >= 15 is 0 Å². The van der Waals surface area contributed by atoms with Crippen molar-refractivity contribution in [3.63, 3.8) is 0 Å². The Kier molecular flexibility index (Phi) is 4.30. The van der Waals surface area contributed by atoms with Crippen LogP contribution in [0.4, 0.5) is 4.39 Å². The number of hydrogen-bond donors (Lipinski definition) is 1. The average molecular weight is 301 g/mol. The fourth-order valence-electron chi connectivity index (χ4n) is 1.69. The molecule has 0 spiro atoms. The van der Waals surface area contributed by atoms with Gasteiger partial charge in [-0.2, -0.15) is 0 Å². The molecule has 0 radical (unpaired) electrons. The van der Waals surface area contributed by atoms with Crippen molar-refractivity contribution in [1.29, 1.82) is 0 Å². The third-order valence-electron chi connectivity index (χ3n) is 2.54. The summed E-state index contributed by atoms with van der Waals surface area (Å²) in [5, 5.41) is 10.4. The van der Waals surface area contributed by atoms with Gasteiger partial charge < -0.3 is 9.84 Å². The zero-order chi connectivity index (χ0) is 14.0. The number of benzene rings is 2. The van der Waals surface area contributed by atoms with Crippen LogP contribution >= 0.6 is 23.2 Å². The summed E-state index contributed by atoms with van der Waals surface area (Å²) >= 11 is 11.8. The van der Waals surface area contributed by atoms with E-state index in [1.807, 2.05) is 0 Å². The maximum absolute atomic E-state index is 13.7. The van der Waals surface area contributed by atoms with Gasteiger partial charge in [0.1, 0.15) is 17.3 Å². The summed E-state index contributed by atoms with van der Waals surface area (Å²) in [6.45, 7) is 1.46. The van der Waals surface area contributed by atoms with Crippen molar-refractivity contribution in [1.82, 2.24) is 0 Å². The third kappa shape index (κ3) is 3.18. The highest BCUT2D eigenvalue weighted by molar-refractivity contribution is 6.34. The van der Waals surface area contributed by atoms with Crippen LogP contribution in [-0.2, 0) is 0 Å². The maximum Gasteiger partial charge on any atom is 0.147 e. The molecule has 0 aromatic heterocycles. The lowest BCUT2D eigenvalue weighted by atomic mass is 10.1. The second kappa shape index (κ2) is 5.78. The van der Waals surface area contributed by atoms with Gasteiger partial charge in [-0.15, -0.1) is 0 Å². The highest BCUT2D eigenvalue weighted by Gasteiger charge is 2.16. The van der Waals surface area contributed by atoms with Crippen molar-refractivity contribution in [2.75, 3.05) is 0 Å². The van der Waals surface area contributed by atoms with Gasteiger partial charge in [-0.1, -0.05) is 29.3 Å². The van der Waals surface area contributed by atoms with Gasteiger partial charge in [-0.05, 0) is 31.2 Å². The van der Waals surface area contributed by atoms with Crippen LogP contribution in [0.15, 0.2) is 36.4 Å². The Morgan fingerprint density at radius 2 is 1.89 bits per heavy atom. The molecule has 2 aromatic rings. The molecule has 0 fully saturated rings. The molecule has 1 unspecified atom stereocenters. The Morgan fingerprint density at radius 3 is 2.58 bits per heavy atom. The van der Waals surface area contributed by atoms with Crippen molar-refractivity contribution in [2.45, 2.75) is 13.0 Å². The van der Waals surface area contributed by atoms with E-state index in [9.17, 15) is 9.50 Å². The number of aliphatic hydroxyl groups excluding tert-OH is 1. The van der Waals surface area contributed by atoms with E-state index in [0.29, 0.717) is 15.8 Å². The van der Waals surface area contributed by atoms with Crippen LogP contribution in [-0.4, -0.2) is 5.11 Å². The first-order chi connectivity index (χ1) is 8.99. The van der Waals surface area contributed by atoms with Crippen LogP contribution in [0, 0.1) is 5.82 Å². The molecule has 2 rings (SSSR count). The summed E-state index contributed by atoms with van der Waals surface area (Å²) in [6.07, 6.45) is -0.992. The van der Waals surface area contributed by atoms with Crippen molar-refractivity contribution < 1.29 is 14.2 Å². The fraction of sp³-hybridized carbons (Fsp3) is 0.143. The minimum Gasteiger partial charge on any atom is -0.455 e. The Labute approximate surface area is 120 Å². The van der Waals surface area contributed by atoms with Gasteiger partial charge in [-0.25, -0.2) is 4.39 Å². The van der Waals surface area contributed by atoms with Crippen LogP contribution in [0.1, 0.15) is 18.6 Å². The Balaban J connectivity index is 2.44. The van der Waals surface area contributed by atoms with E-state index in [-0.39, 0.29) is 11.3 Å². The predicted octanol–water partition coefficient (Wildman–Crippen LogP) is 4.98. The molecule has 19 heavy (non-hydrogen) atoms. The van der Waals surface area contributed by atoms with Crippen molar-refractivity contribution >= 4 is 23.2 Å². The molecule has 0 saturated heterocycles. The monoisotopic (exact) mass is 300 g/mol. The largest absolute Gasteiger partial charge is 0.455 e. The summed E-state index contributed by atoms with van der Waals surface area (Å²) in [6, 6.07) is 9.05. The fourth-order valence-corrected chi connectivity index (χ4v) is 2.00. The normalized spacial score (nSPS) is 12.3. The van der Waals surface area contributed by atoms with Crippen LogP contribution in [0.5, 0.6) is 11.5 Å². The molecule has 100 valence electrons. The summed E-state index contributed by atoms with van der Waals surface area (Å²) in [7, 11) is 0. The molecule has 0 aliphatic rings. The van der Waals surface area contributed by atoms with E-state index in [4.69, 9.17) is 27.9 Å². The molecule has 1 atom stereocenters. The van der Waals surface area contributed by atoms with E-state index in [2.05, 4.69) is 0 Å². The molecule has 0 heterocycles. The average Bonchev–Trinajstić information content (AvgIpc) is 2.33. The Hall–Kier alpha value is -1.29. The molecule has 0 saturated carbocycles. The zero-order valence-corrected chi connectivity index (χ0v) is 11.5. The van der Waals surface area contributed by atoms with Crippen molar-refractivity contribution in [3.8, 4) is 11.5 Å². The van der Waals surface area contributed by atoms with Crippen LogP contribution < -0.4 is 4.74 Å². The minimum atomic E-state index is -0.992. The highest BCUT2D eigenvalue weighted by Crippen LogP contribution is 2.36. The van der Waals surface area contributed by atoms with Gasteiger partial charge >= 0.3 is 0 Å². The number of hydrogen-bond acceptors (Lipinski definition) is 2. The van der Waals surface area contributed by atoms with Crippen LogP contribution in [0.25, 0.3) is 0 Å². The quantitative estimate of drug-likeness (QED) is 0.866. The molecule has 0 amide bonds. The molecule has 2 nitrogen and oxygen atoms in total. The van der Waals surface area contributed by atoms with Crippen LogP contribution in [0.3, 0.4) is 0 Å². The van der Waals surface area contributed by atoms with Crippen molar-refractivity contribution in [2.24, 2.45) is 0 Å². The first-order valence-corrected chi connectivity index (χ1v) is 6.34. The van der Waals surface area contributed by atoms with E-state index in [1.165, 1.54) is 25.1 Å². The van der Waals surface area contributed by atoms with Gasteiger partial charge in [0.05, 0.1) is 16.7 Å². The van der Waals surface area contributed by atoms with Crippen LogP contribution in [0.2, 0.25) is 10.0 Å². The number of aliphatic hydroxyl groups is 1. The first kappa shape index (κ1) is 14.1. The Bertz CT molecular complexity index is 600. The molecule has 2 aromatic carbocycles. The molecule has 5 heteroatoms. The van der Waals surface area contributed by atoms with Gasteiger partial charge in [0, 0.05) is 11.1 Å². The predicted molar refractivity (Wildman–Crippen MR) is 73.6 cm³/mol. The van der Waals surface area contributed by atoms with Gasteiger partial charge in [0.2, 0.25) is 0 Å². The summed E-state index contributed by atoms with van der Waals surface area (Å²) in [5.41, 5.74) is 0.0820. The van der Waals surface area contributed by atoms with E-state index < -0.39 is 11.9 Å². The van der Waals surface area contributed by atoms with E-state index in [1.54, 1.807) is 18.2 Å². The van der Waals surface area contributed by atoms with Gasteiger partial charge in [0.15, 0.2) is 0 Å². The standard InChI is InChI=1S/C14H11Cl2FO2/c1-8(18)14-11(17)3-2-4-12(14)19-13-7-9(15)5-6-10(13)16/h2-8,18H,1H3. The lowest BCUT2D eigenvalue weighted by Crippen LogP contribution is -2.00. The number of rotatable bonds is 3.